The van der Waals surface area contributed by atoms with Gasteiger partial charge in [0.05, 0.1) is 13.2 Å². The van der Waals surface area contributed by atoms with Crippen LogP contribution in [0.15, 0.2) is 18.2 Å². The van der Waals surface area contributed by atoms with Crippen molar-refractivity contribution in [2.24, 2.45) is 0 Å². The third kappa shape index (κ3) is 3.83. The highest BCUT2D eigenvalue weighted by Crippen LogP contribution is 2.35. The fraction of sp³-hybridized carbons (Fsp3) is 0.556. The number of amides is 2. The zero-order valence-corrected chi connectivity index (χ0v) is 16.6. The van der Waals surface area contributed by atoms with Gasteiger partial charge in [0.2, 0.25) is 0 Å². The summed E-state index contributed by atoms with van der Waals surface area (Å²) in [5.74, 6) is 0.352. The van der Waals surface area contributed by atoms with Gasteiger partial charge in [-0.2, -0.15) is 0 Å². The molecular weight excluding hydrogens is 365 g/mol. The molecule has 1 unspecified atom stereocenters. The van der Waals surface area contributed by atoms with Crippen LogP contribution in [-0.2, 0) is 16.8 Å². The summed E-state index contributed by atoms with van der Waals surface area (Å²) in [7, 11) is 5.53. The monoisotopic (exact) mass is 391 g/mol. The highest BCUT2D eigenvalue weighted by molar-refractivity contribution is 5.89. The molecule has 0 aliphatic carbocycles. The summed E-state index contributed by atoms with van der Waals surface area (Å²) >= 11 is 0. The van der Waals surface area contributed by atoms with E-state index in [0.29, 0.717) is 49.7 Å². The predicted octanol–water partition coefficient (Wildman–Crippen LogP) is 1.46. The maximum atomic E-state index is 13.8. The van der Waals surface area contributed by atoms with Gasteiger partial charge in [-0.25, -0.2) is 13.9 Å². The molecule has 1 aliphatic heterocycles. The summed E-state index contributed by atoms with van der Waals surface area (Å²) in [6.07, 6.45) is 0.684. The van der Waals surface area contributed by atoms with Gasteiger partial charge in [0.25, 0.3) is 0 Å². The molecule has 0 radical (unpaired) electrons. The van der Waals surface area contributed by atoms with Gasteiger partial charge in [-0.3, -0.25) is 4.90 Å². The lowest BCUT2D eigenvalue weighted by molar-refractivity contribution is 0.132. The van der Waals surface area contributed by atoms with Crippen LogP contribution >= 0.6 is 0 Å². The van der Waals surface area contributed by atoms with E-state index in [1.807, 2.05) is 19.0 Å². The first kappa shape index (κ1) is 20.2. The Hall–Kier alpha value is -2.59. The van der Waals surface area contributed by atoms with Crippen molar-refractivity contribution in [3.8, 4) is 0 Å². The molecule has 9 nitrogen and oxygen atoms in total. The number of likely N-dealkylation sites (tertiary alicyclic amines) is 1. The Kier molecular flexibility index (Phi) is 5.90. The van der Waals surface area contributed by atoms with Crippen LogP contribution in [0.4, 0.5) is 14.9 Å². The number of urea groups is 1. The minimum Gasteiger partial charge on any atom is -0.383 e. The second kappa shape index (κ2) is 8.19. The molecule has 1 aromatic carbocycles. The standard InChI is InChI=1S/C18H26FN7O2/c1-13-5-6-14(11-15(13)19)20-17(27)25-8-7-18(12-25,24(2)3)16-21-22-23-26(16)9-10-28-4/h5-6,11H,7-10,12H2,1-4H3,(H,20,27). The van der Waals surface area contributed by atoms with Crippen LogP contribution in [0.5, 0.6) is 0 Å². The lowest BCUT2D eigenvalue weighted by Gasteiger charge is -2.34. The number of tetrazole rings is 1. The SMILES string of the molecule is COCCn1nnnc1C1(N(C)C)CCN(C(=O)Nc2ccc(C)c(F)c2)C1. The number of nitrogens with one attached hydrogen (secondary N) is 1. The van der Waals surface area contributed by atoms with Crippen molar-refractivity contribution in [1.29, 1.82) is 0 Å². The number of rotatable bonds is 6. The fourth-order valence-corrected chi connectivity index (χ4v) is 3.45. The molecule has 152 valence electrons. The first-order valence-corrected chi connectivity index (χ1v) is 9.12. The molecule has 1 atom stereocenters. The van der Waals surface area contributed by atoms with Crippen molar-refractivity contribution < 1.29 is 13.9 Å². The summed E-state index contributed by atoms with van der Waals surface area (Å²) in [5.41, 5.74) is 0.460. The van der Waals surface area contributed by atoms with E-state index >= 15 is 0 Å². The largest absolute Gasteiger partial charge is 0.383 e. The molecular formula is C18H26FN7O2. The molecule has 10 heteroatoms. The Bertz CT molecular complexity index is 841. The molecule has 3 rings (SSSR count). The zero-order valence-electron chi connectivity index (χ0n) is 16.6. The van der Waals surface area contributed by atoms with Crippen molar-refractivity contribution in [3.05, 3.63) is 35.4 Å². The highest BCUT2D eigenvalue weighted by Gasteiger charge is 2.47. The Balaban J connectivity index is 1.77. The number of nitrogens with zero attached hydrogens (tertiary/aromatic N) is 6. The van der Waals surface area contributed by atoms with Crippen LogP contribution in [0.1, 0.15) is 17.8 Å². The molecule has 0 saturated carbocycles. The number of hydrogen-bond donors (Lipinski definition) is 1. The van der Waals surface area contributed by atoms with E-state index in [-0.39, 0.29) is 11.8 Å². The lowest BCUT2D eigenvalue weighted by Crippen LogP contribution is -2.47. The smallest absolute Gasteiger partial charge is 0.321 e. The number of ether oxygens (including phenoxy) is 1. The number of halogens is 1. The van der Waals surface area contributed by atoms with Crippen molar-refractivity contribution >= 4 is 11.7 Å². The minimum absolute atomic E-state index is 0.275. The Labute approximate surface area is 163 Å². The van der Waals surface area contributed by atoms with Gasteiger partial charge in [0, 0.05) is 25.9 Å². The molecule has 28 heavy (non-hydrogen) atoms. The molecule has 0 spiro atoms. The molecule has 2 amide bonds. The normalized spacial score (nSPS) is 19.4. The van der Waals surface area contributed by atoms with Crippen molar-refractivity contribution in [2.45, 2.75) is 25.4 Å². The molecule has 1 fully saturated rings. The second-order valence-corrected chi connectivity index (χ2v) is 7.21. The van der Waals surface area contributed by atoms with Crippen LogP contribution in [0.3, 0.4) is 0 Å². The van der Waals surface area contributed by atoms with E-state index in [0.717, 1.165) is 0 Å². The van der Waals surface area contributed by atoms with Crippen molar-refractivity contribution in [2.75, 3.05) is 46.2 Å². The molecule has 2 heterocycles. The number of likely N-dealkylation sites (N-methyl/N-ethyl adjacent to an activating group) is 1. The van der Waals surface area contributed by atoms with Gasteiger partial charge in [0.15, 0.2) is 5.82 Å². The van der Waals surface area contributed by atoms with Crippen LogP contribution in [-0.4, -0.2) is 76.9 Å². The number of anilines is 1. The topological polar surface area (TPSA) is 88.4 Å². The second-order valence-electron chi connectivity index (χ2n) is 7.21. The lowest BCUT2D eigenvalue weighted by atomic mass is 9.96. The van der Waals surface area contributed by atoms with Gasteiger partial charge in [-0.15, -0.1) is 5.10 Å². The van der Waals surface area contributed by atoms with Crippen molar-refractivity contribution in [3.63, 3.8) is 0 Å². The number of carbonyl (C=O) groups excluding carboxylic acids is 1. The third-order valence-corrected chi connectivity index (χ3v) is 5.27. The molecule has 0 bridgehead atoms. The quantitative estimate of drug-likeness (QED) is 0.802. The number of hydrogen-bond acceptors (Lipinski definition) is 6. The molecule has 2 aromatic rings. The number of methoxy groups -OCH3 is 1. The zero-order chi connectivity index (χ0) is 20.3. The maximum absolute atomic E-state index is 13.8. The van der Waals surface area contributed by atoms with Gasteiger partial charge in [-0.05, 0) is 55.6 Å². The summed E-state index contributed by atoms with van der Waals surface area (Å²) in [6, 6.07) is 4.39. The minimum atomic E-state index is -0.507. The van der Waals surface area contributed by atoms with E-state index in [2.05, 4.69) is 20.8 Å². The van der Waals surface area contributed by atoms with Gasteiger partial charge >= 0.3 is 6.03 Å². The van der Waals surface area contributed by atoms with Crippen LogP contribution in [0.25, 0.3) is 0 Å². The van der Waals surface area contributed by atoms with E-state index < -0.39 is 5.54 Å². The van der Waals surface area contributed by atoms with E-state index in [1.165, 1.54) is 6.07 Å². The van der Waals surface area contributed by atoms with E-state index in [4.69, 9.17) is 4.74 Å². The fourth-order valence-electron chi connectivity index (χ4n) is 3.45. The number of aryl methyl sites for hydroxylation is 1. The Morgan fingerprint density at radius 1 is 1.43 bits per heavy atom. The Morgan fingerprint density at radius 3 is 2.89 bits per heavy atom. The number of aromatic nitrogens is 4. The molecule has 1 aliphatic rings. The summed E-state index contributed by atoms with van der Waals surface area (Å²) in [6.45, 7) is 3.66. The van der Waals surface area contributed by atoms with Gasteiger partial charge in [-0.1, -0.05) is 6.07 Å². The first-order chi connectivity index (χ1) is 13.4. The average Bonchev–Trinajstić information content (AvgIpc) is 3.30. The summed E-state index contributed by atoms with van der Waals surface area (Å²) < 4.78 is 20.6. The molecule has 1 N–H and O–H groups in total. The highest BCUT2D eigenvalue weighted by atomic mass is 19.1. The number of carbonyl (C=O) groups is 1. The Morgan fingerprint density at radius 2 is 2.21 bits per heavy atom. The van der Waals surface area contributed by atoms with Gasteiger partial charge < -0.3 is 15.0 Å². The van der Waals surface area contributed by atoms with E-state index in [9.17, 15) is 9.18 Å². The first-order valence-electron chi connectivity index (χ1n) is 9.12. The molecule has 1 saturated heterocycles. The summed E-state index contributed by atoms with van der Waals surface area (Å²) in [4.78, 5) is 16.5. The summed E-state index contributed by atoms with van der Waals surface area (Å²) in [5, 5.41) is 14.9. The molecule has 1 aromatic heterocycles. The van der Waals surface area contributed by atoms with Crippen LogP contribution in [0.2, 0.25) is 0 Å². The van der Waals surface area contributed by atoms with Crippen molar-refractivity contribution in [1.82, 2.24) is 30.0 Å². The maximum Gasteiger partial charge on any atom is 0.321 e. The third-order valence-electron chi connectivity index (χ3n) is 5.27. The average molecular weight is 391 g/mol. The van der Waals surface area contributed by atoms with E-state index in [1.54, 1.807) is 35.7 Å². The van der Waals surface area contributed by atoms with Crippen LogP contribution < -0.4 is 5.32 Å². The predicted molar refractivity (Wildman–Crippen MR) is 101 cm³/mol. The van der Waals surface area contributed by atoms with Gasteiger partial charge in [0.1, 0.15) is 11.4 Å². The van der Waals surface area contributed by atoms with Crippen LogP contribution in [0, 0.1) is 12.7 Å². The number of benzene rings is 1.